The first-order chi connectivity index (χ1) is 10.6. The van der Waals surface area contributed by atoms with Crippen molar-refractivity contribution in [1.29, 1.82) is 0 Å². The summed E-state index contributed by atoms with van der Waals surface area (Å²) >= 11 is 12.0. The number of halogens is 2. The van der Waals surface area contributed by atoms with Gasteiger partial charge in [0.15, 0.2) is 0 Å². The van der Waals surface area contributed by atoms with Crippen LogP contribution in [0.25, 0.3) is 0 Å². The number of nitrogens with one attached hydrogen (secondary N) is 1. The van der Waals surface area contributed by atoms with Gasteiger partial charge in [-0.3, -0.25) is 4.57 Å². The van der Waals surface area contributed by atoms with Crippen LogP contribution < -0.4 is 5.32 Å². The Hall–Kier alpha value is -0.130. The Bertz CT molecular complexity index is 564. The largest absolute Gasteiger partial charge is 0.348 e. The third-order valence-electron chi connectivity index (χ3n) is 3.60. The maximum Gasteiger partial charge on any atom is 0.255 e. The van der Waals surface area contributed by atoms with Gasteiger partial charge in [0.2, 0.25) is 6.03 Å². The number of hydrogen-bond acceptors (Lipinski definition) is 4. The lowest BCUT2D eigenvalue weighted by atomic mass is 9.94. The first kappa shape index (κ1) is 20.9. The molecule has 0 aromatic heterocycles. The predicted molar refractivity (Wildman–Crippen MR) is 94.6 cm³/mol. The van der Waals surface area contributed by atoms with E-state index in [1.807, 2.05) is 26.0 Å². The second-order valence-corrected chi connectivity index (χ2v) is 8.99. The molecule has 0 radical (unpaired) electrons. The summed E-state index contributed by atoms with van der Waals surface area (Å²) in [6, 6.07) is 4.40. The molecule has 0 saturated carbocycles. The van der Waals surface area contributed by atoms with E-state index < -0.39 is 13.4 Å². The minimum absolute atomic E-state index is 0.115. The van der Waals surface area contributed by atoms with Crippen molar-refractivity contribution in [2.24, 2.45) is 0 Å². The van der Waals surface area contributed by atoms with E-state index in [1.54, 1.807) is 6.07 Å². The molecule has 0 bridgehead atoms. The summed E-state index contributed by atoms with van der Waals surface area (Å²) in [5.41, 5.74) is 0.654. The number of hydrogen-bond donors (Lipinski definition) is 2. The van der Waals surface area contributed by atoms with Crippen LogP contribution in [0.15, 0.2) is 18.2 Å². The van der Waals surface area contributed by atoms with Gasteiger partial charge < -0.3 is 19.7 Å². The quantitative estimate of drug-likeness (QED) is 0.382. The average Bonchev–Trinajstić information content (AvgIpc) is 2.47. The molecule has 0 amide bonds. The van der Waals surface area contributed by atoms with Crippen molar-refractivity contribution in [1.82, 2.24) is 5.32 Å². The maximum absolute atomic E-state index is 12.1. The summed E-state index contributed by atoms with van der Waals surface area (Å²) in [7, 11) is -0.794. The van der Waals surface area contributed by atoms with Gasteiger partial charge in [0.05, 0.1) is 10.0 Å². The SMILES string of the molecule is COC(OC)P(=O)(O)CCCNC(C)(C)c1ccc(Cl)c(Cl)c1. The van der Waals surface area contributed by atoms with E-state index in [2.05, 4.69) is 5.32 Å². The molecule has 0 fully saturated rings. The van der Waals surface area contributed by atoms with E-state index in [0.717, 1.165) is 5.56 Å². The van der Waals surface area contributed by atoms with Crippen molar-refractivity contribution >= 4 is 30.6 Å². The molecular weight excluding hydrogens is 360 g/mol. The van der Waals surface area contributed by atoms with E-state index in [4.69, 9.17) is 32.7 Å². The van der Waals surface area contributed by atoms with Crippen LogP contribution in [0.3, 0.4) is 0 Å². The van der Waals surface area contributed by atoms with E-state index in [0.29, 0.717) is 23.0 Å². The first-order valence-electron chi connectivity index (χ1n) is 7.21. The van der Waals surface area contributed by atoms with Gasteiger partial charge in [-0.15, -0.1) is 0 Å². The van der Waals surface area contributed by atoms with Crippen LogP contribution in [-0.4, -0.2) is 37.9 Å². The van der Waals surface area contributed by atoms with E-state index in [-0.39, 0.29) is 11.7 Å². The second-order valence-electron chi connectivity index (χ2n) is 5.79. The minimum atomic E-state index is -3.49. The first-order valence-corrected chi connectivity index (χ1v) is 9.88. The third-order valence-corrected chi connectivity index (χ3v) is 6.37. The lowest BCUT2D eigenvalue weighted by molar-refractivity contribution is -0.0495. The van der Waals surface area contributed by atoms with Crippen LogP contribution in [0.1, 0.15) is 25.8 Å². The predicted octanol–water partition coefficient (Wildman–Crippen LogP) is 4.06. The van der Waals surface area contributed by atoms with Crippen LogP contribution in [0.2, 0.25) is 10.0 Å². The van der Waals surface area contributed by atoms with Crippen LogP contribution in [-0.2, 0) is 19.6 Å². The smallest absolute Gasteiger partial charge is 0.255 e. The monoisotopic (exact) mass is 383 g/mol. The molecule has 1 unspecified atom stereocenters. The Kier molecular flexibility index (Phi) is 8.02. The van der Waals surface area contributed by atoms with Gasteiger partial charge in [0, 0.05) is 25.9 Å². The highest BCUT2D eigenvalue weighted by atomic mass is 35.5. The zero-order valence-electron chi connectivity index (χ0n) is 13.8. The summed E-state index contributed by atoms with van der Waals surface area (Å²) in [5, 5.41) is 4.37. The molecule has 1 aromatic rings. The Morgan fingerprint density at radius 1 is 1.26 bits per heavy atom. The zero-order valence-corrected chi connectivity index (χ0v) is 16.2. The standard InChI is InChI=1S/C15H24Cl2NO4P/c1-15(2,11-6-7-12(16)13(17)10-11)18-8-5-9-23(19,20)14(21-3)22-4/h6-7,10,14,18H,5,8-9H2,1-4H3,(H,19,20). The lowest BCUT2D eigenvalue weighted by Gasteiger charge is -2.28. The van der Waals surface area contributed by atoms with Crippen molar-refractivity contribution in [3.05, 3.63) is 33.8 Å². The zero-order chi connectivity index (χ0) is 17.7. The van der Waals surface area contributed by atoms with Gasteiger partial charge in [0.25, 0.3) is 7.37 Å². The highest BCUT2D eigenvalue weighted by Gasteiger charge is 2.30. The lowest BCUT2D eigenvalue weighted by Crippen LogP contribution is -2.37. The summed E-state index contributed by atoms with van der Waals surface area (Å²) in [4.78, 5) is 9.93. The van der Waals surface area contributed by atoms with Crippen molar-refractivity contribution in [2.75, 3.05) is 26.9 Å². The molecule has 0 saturated heterocycles. The summed E-state index contributed by atoms with van der Waals surface area (Å²) in [6.45, 7) is 4.59. The normalized spacial score (nSPS) is 15.0. The topological polar surface area (TPSA) is 67.8 Å². The fraction of sp³-hybridized carbons (Fsp3) is 0.600. The van der Waals surface area contributed by atoms with Gasteiger partial charge in [-0.2, -0.15) is 0 Å². The van der Waals surface area contributed by atoms with Crippen LogP contribution in [0, 0.1) is 0 Å². The van der Waals surface area contributed by atoms with Gasteiger partial charge in [-0.05, 0) is 44.5 Å². The van der Waals surface area contributed by atoms with Crippen LogP contribution in [0.4, 0.5) is 0 Å². The van der Waals surface area contributed by atoms with Crippen molar-refractivity contribution in [2.45, 2.75) is 31.8 Å². The number of methoxy groups -OCH3 is 2. The molecule has 0 spiro atoms. The molecule has 5 nitrogen and oxygen atoms in total. The summed E-state index contributed by atoms with van der Waals surface area (Å²) < 4.78 is 21.8. The van der Waals surface area contributed by atoms with Crippen LogP contribution >= 0.6 is 30.6 Å². The van der Waals surface area contributed by atoms with Crippen molar-refractivity contribution in [3.8, 4) is 0 Å². The summed E-state index contributed by atoms with van der Waals surface area (Å²) in [6.07, 6.45) is 0.631. The fourth-order valence-corrected chi connectivity index (χ4v) is 4.00. The fourth-order valence-electron chi connectivity index (χ4n) is 2.22. The molecule has 0 aliphatic heterocycles. The molecule has 1 rings (SSSR count). The van der Waals surface area contributed by atoms with Crippen LogP contribution in [0.5, 0.6) is 0 Å². The number of ether oxygens (including phenoxy) is 2. The third kappa shape index (κ3) is 6.02. The highest BCUT2D eigenvalue weighted by molar-refractivity contribution is 7.58. The van der Waals surface area contributed by atoms with E-state index in [1.165, 1.54) is 14.2 Å². The van der Waals surface area contributed by atoms with Crippen molar-refractivity contribution in [3.63, 3.8) is 0 Å². The van der Waals surface area contributed by atoms with Crippen molar-refractivity contribution < 1.29 is 18.9 Å². The Labute approximate surface area is 147 Å². The number of rotatable bonds is 9. The Morgan fingerprint density at radius 2 is 1.87 bits per heavy atom. The molecule has 2 N–H and O–H groups in total. The molecule has 0 heterocycles. The average molecular weight is 384 g/mol. The molecule has 1 atom stereocenters. The van der Waals surface area contributed by atoms with E-state index >= 15 is 0 Å². The van der Waals surface area contributed by atoms with Gasteiger partial charge >= 0.3 is 0 Å². The molecule has 132 valence electrons. The molecule has 1 aromatic carbocycles. The Balaban J connectivity index is 2.57. The molecule has 0 aliphatic rings. The second kappa shape index (κ2) is 8.82. The molecular formula is C15H24Cl2NO4P. The molecule has 23 heavy (non-hydrogen) atoms. The highest BCUT2D eigenvalue weighted by Crippen LogP contribution is 2.47. The molecule has 8 heteroatoms. The minimum Gasteiger partial charge on any atom is -0.348 e. The Morgan fingerprint density at radius 3 is 2.39 bits per heavy atom. The van der Waals surface area contributed by atoms with E-state index in [9.17, 15) is 9.46 Å². The van der Waals surface area contributed by atoms with Gasteiger partial charge in [-0.25, -0.2) is 0 Å². The van der Waals surface area contributed by atoms with Gasteiger partial charge in [0.1, 0.15) is 0 Å². The maximum atomic E-state index is 12.1. The summed E-state index contributed by atoms with van der Waals surface area (Å²) in [5.74, 6) is 0. The van der Waals surface area contributed by atoms with Gasteiger partial charge in [-0.1, -0.05) is 29.3 Å². The number of benzene rings is 1. The molecule has 0 aliphatic carbocycles.